The highest BCUT2D eigenvalue weighted by atomic mass is 35.5. The molecule has 0 unspecified atom stereocenters. The van der Waals surface area contributed by atoms with E-state index in [0.717, 1.165) is 17.1 Å². The van der Waals surface area contributed by atoms with Crippen molar-refractivity contribution < 1.29 is 0 Å². The van der Waals surface area contributed by atoms with E-state index in [0.29, 0.717) is 5.02 Å². The first-order chi connectivity index (χ1) is 7.38. The van der Waals surface area contributed by atoms with Gasteiger partial charge < -0.3 is 5.32 Å². The van der Waals surface area contributed by atoms with Gasteiger partial charge in [0.1, 0.15) is 0 Å². The van der Waals surface area contributed by atoms with E-state index in [2.05, 4.69) is 26.1 Å². The largest absolute Gasteiger partial charge is 0.309 e. The Kier molecular flexibility index (Phi) is 4.85. The van der Waals surface area contributed by atoms with Gasteiger partial charge in [-0.1, -0.05) is 35.4 Å². The van der Waals surface area contributed by atoms with Crippen molar-refractivity contribution in [1.29, 1.82) is 0 Å². The lowest BCUT2D eigenvalue weighted by molar-refractivity contribution is 0.450. The fourth-order valence-corrected chi connectivity index (χ4v) is 1.55. The molecule has 0 bridgehead atoms. The molecule has 0 saturated carbocycles. The molecule has 1 aromatic rings. The number of nitrogens with one attached hydrogen (secondary N) is 1. The molecule has 0 saturated heterocycles. The summed E-state index contributed by atoms with van der Waals surface area (Å²) in [5, 5.41) is 4.78. The van der Waals surface area contributed by atoms with Crippen LogP contribution in [0, 0.1) is 0 Å². The molecule has 0 aliphatic heterocycles. The first kappa shape index (κ1) is 13.6. The molecule has 88 valence electrons. The van der Waals surface area contributed by atoms with E-state index < -0.39 is 0 Å². The van der Waals surface area contributed by atoms with Gasteiger partial charge in [-0.05, 0) is 44.5 Å². The van der Waals surface area contributed by atoms with Crippen molar-refractivity contribution in [1.82, 2.24) is 5.32 Å². The minimum atomic E-state index is 0.127. The van der Waals surface area contributed by atoms with Crippen LogP contribution in [0.3, 0.4) is 0 Å². The molecule has 1 nitrogen and oxygen atoms in total. The van der Waals surface area contributed by atoms with Gasteiger partial charge in [0.25, 0.3) is 0 Å². The molecule has 0 aliphatic rings. The van der Waals surface area contributed by atoms with Crippen LogP contribution in [0.4, 0.5) is 0 Å². The molecule has 0 heterocycles. The van der Waals surface area contributed by atoms with Crippen LogP contribution in [-0.4, -0.2) is 12.1 Å². The Morgan fingerprint density at radius 1 is 1.25 bits per heavy atom. The molecule has 1 N–H and O–H groups in total. The summed E-state index contributed by atoms with van der Waals surface area (Å²) < 4.78 is 0. The van der Waals surface area contributed by atoms with Gasteiger partial charge in [-0.2, -0.15) is 0 Å². The number of hydrogen-bond donors (Lipinski definition) is 1. The Balaban J connectivity index is 2.59. The molecule has 3 heteroatoms. The van der Waals surface area contributed by atoms with Crippen molar-refractivity contribution in [3.8, 4) is 0 Å². The Labute approximate surface area is 107 Å². The highest BCUT2D eigenvalue weighted by Crippen LogP contribution is 2.21. The third-order valence-corrected chi connectivity index (χ3v) is 2.59. The lowest BCUT2D eigenvalue weighted by Gasteiger charge is -2.18. The molecule has 0 fully saturated rings. The minimum Gasteiger partial charge on any atom is -0.309 e. The van der Waals surface area contributed by atoms with Crippen LogP contribution in [0.15, 0.2) is 24.3 Å². The summed E-state index contributed by atoms with van der Waals surface area (Å²) in [7, 11) is 0. The first-order valence-corrected chi connectivity index (χ1v) is 6.01. The third-order valence-electron chi connectivity index (χ3n) is 2.01. The molecule has 0 aromatic heterocycles. The second kappa shape index (κ2) is 5.72. The van der Waals surface area contributed by atoms with Gasteiger partial charge in [-0.15, -0.1) is 0 Å². The SMILES string of the molecule is CC(C)(C)NC/C=C/c1cc(Cl)ccc1Cl. The maximum absolute atomic E-state index is 6.03. The van der Waals surface area contributed by atoms with Crippen LogP contribution in [0.25, 0.3) is 6.08 Å². The predicted octanol–water partition coefficient (Wildman–Crippen LogP) is 4.39. The molecule has 0 aliphatic carbocycles. The average Bonchev–Trinajstić information content (AvgIpc) is 2.16. The van der Waals surface area contributed by atoms with E-state index in [1.54, 1.807) is 12.1 Å². The zero-order chi connectivity index (χ0) is 12.2. The van der Waals surface area contributed by atoms with Gasteiger partial charge in [0.05, 0.1) is 0 Å². The maximum atomic E-state index is 6.03. The fraction of sp³-hybridized carbons (Fsp3) is 0.385. The highest BCUT2D eigenvalue weighted by Gasteiger charge is 2.05. The second-order valence-corrected chi connectivity index (χ2v) is 5.54. The lowest BCUT2D eigenvalue weighted by atomic mass is 10.1. The maximum Gasteiger partial charge on any atom is 0.0479 e. The van der Waals surface area contributed by atoms with Crippen molar-refractivity contribution in [3.63, 3.8) is 0 Å². The van der Waals surface area contributed by atoms with Crippen LogP contribution in [-0.2, 0) is 0 Å². The van der Waals surface area contributed by atoms with Crippen molar-refractivity contribution in [2.45, 2.75) is 26.3 Å². The van der Waals surface area contributed by atoms with Crippen LogP contribution in [0.1, 0.15) is 26.3 Å². The molecule has 16 heavy (non-hydrogen) atoms. The fourth-order valence-electron chi connectivity index (χ4n) is 1.19. The number of benzene rings is 1. The summed E-state index contributed by atoms with van der Waals surface area (Å²) in [5.74, 6) is 0. The summed E-state index contributed by atoms with van der Waals surface area (Å²) in [4.78, 5) is 0. The van der Waals surface area contributed by atoms with Crippen molar-refractivity contribution in [3.05, 3.63) is 39.9 Å². The zero-order valence-electron chi connectivity index (χ0n) is 9.85. The molecular formula is C13H17Cl2N. The monoisotopic (exact) mass is 257 g/mol. The van der Waals surface area contributed by atoms with Crippen LogP contribution in [0.2, 0.25) is 10.0 Å². The van der Waals surface area contributed by atoms with E-state index in [1.807, 2.05) is 18.2 Å². The van der Waals surface area contributed by atoms with E-state index in [4.69, 9.17) is 23.2 Å². The minimum absolute atomic E-state index is 0.127. The van der Waals surface area contributed by atoms with Gasteiger partial charge in [-0.3, -0.25) is 0 Å². The summed E-state index contributed by atoms with van der Waals surface area (Å²) in [6.45, 7) is 7.21. The smallest absolute Gasteiger partial charge is 0.0479 e. The third kappa shape index (κ3) is 5.02. The molecule has 0 amide bonds. The lowest BCUT2D eigenvalue weighted by Crippen LogP contribution is -2.35. The number of halogens is 2. The van der Waals surface area contributed by atoms with Crippen LogP contribution in [0.5, 0.6) is 0 Å². The Hall–Kier alpha value is -0.500. The Morgan fingerprint density at radius 3 is 2.56 bits per heavy atom. The Bertz CT molecular complexity index is 378. The predicted molar refractivity (Wildman–Crippen MR) is 73.3 cm³/mol. The van der Waals surface area contributed by atoms with E-state index in [9.17, 15) is 0 Å². The van der Waals surface area contributed by atoms with Gasteiger partial charge >= 0.3 is 0 Å². The van der Waals surface area contributed by atoms with E-state index in [1.165, 1.54) is 0 Å². The van der Waals surface area contributed by atoms with E-state index >= 15 is 0 Å². The van der Waals surface area contributed by atoms with Gasteiger partial charge in [0, 0.05) is 22.1 Å². The summed E-state index contributed by atoms with van der Waals surface area (Å²) >= 11 is 11.9. The van der Waals surface area contributed by atoms with Crippen LogP contribution < -0.4 is 5.32 Å². The van der Waals surface area contributed by atoms with Gasteiger partial charge in [0.2, 0.25) is 0 Å². The second-order valence-electron chi connectivity index (χ2n) is 4.70. The molecule has 1 rings (SSSR count). The van der Waals surface area contributed by atoms with Gasteiger partial charge in [0.15, 0.2) is 0 Å². The average molecular weight is 258 g/mol. The standard InChI is InChI=1S/C13H17Cl2N/c1-13(2,3)16-8-4-5-10-9-11(14)6-7-12(10)15/h4-7,9,16H,8H2,1-3H3/b5-4+. The summed E-state index contributed by atoms with van der Waals surface area (Å²) in [5.41, 5.74) is 1.08. The Morgan fingerprint density at radius 2 is 1.94 bits per heavy atom. The topological polar surface area (TPSA) is 12.0 Å². The molecule has 0 radical (unpaired) electrons. The van der Waals surface area contributed by atoms with Crippen molar-refractivity contribution in [2.75, 3.05) is 6.54 Å². The first-order valence-electron chi connectivity index (χ1n) is 5.25. The molecule has 0 atom stereocenters. The van der Waals surface area contributed by atoms with Crippen LogP contribution >= 0.6 is 23.2 Å². The molecule has 1 aromatic carbocycles. The summed E-state index contributed by atoms with van der Waals surface area (Å²) in [6.07, 6.45) is 4.02. The summed E-state index contributed by atoms with van der Waals surface area (Å²) in [6, 6.07) is 5.45. The molecule has 0 spiro atoms. The number of rotatable bonds is 3. The van der Waals surface area contributed by atoms with Crippen molar-refractivity contribution >= 4 is 29.3 Å². The van der Waals surface area contributed by atoms with E-state index in [-0.39, 0.29) is 5.54 Å². The quantitative estimate of drug-likeness (QED) is 0.847. The van der Waals surface area contributed by atoms with Crippen molar-refractivity contribution in [2.24, 2.45) is 0 Å². The molecular weight excluding hydrogens is 241 g/mol. The number of hydrogen-bond acceptors (Lipinski definition) is 1. The highest BCUT2D eigenvalue weighted by molar-refractivity contribution is 6.34. The normalized spacial score (nSPS) is 12.3. The van der Waals surface area contributed by atoms with Gasteiger partial charge in [-0.25, -0.2) is 0 Å². The zero-order valence-corrected chi connectivity index (χ0v) is 11.4.